The largest absolute Gasteiger partial charge is 0.505 e. The quantitative estimate of drug-likeness (QED) is 0.0379. The predicted molar refractivity (Wildman–Crippen MR) is 212 cm³/mol. The van der Waals surface area contributed by atoms with E-state index in [2.05, 4.69) is 20.2 Å². The Balaban J connectivity index is 0.000000262. The molecule has 4 aromatic carbocycles. The molecule has 0 unspecified atom stereocenters. The van der Waals surface area contributed by atoms with E-state index in [1.54, 1.807) is 55.5 Å². The van der Waals surface area contributed by atoms with Crippen molar-refractivity contribution in [2.75, 3.05) is 13.7 Å². The minimum Gasteiger partial charge on any atom is -0.505 e. The number of hydrogen-bond acceptors (Lipinski definition) is 16. The number of nitro benzene ring substituents is 2. The van der Waals surface area contributed by atoms with Gasteiger partial charge in [-0.3, -0.25) is 30.2 Å². The summed E-state index contributed by atoms with van der Waals surface area (Å²) in [4.78, 5) is 40.9. The summed E-state index contributed by atoms with van der Waals surface area (Å²) in [7, 11) is 1.45. The fraction of sp³-hybridized carbons (Fsp3) is 0.154. The number of nitro groups is 2. The smallest absolute Gasteiger partial charge is 0.359 e. The molecule has 0 radical (unpaired) electrons. The topological polar surface area (TPSA) is 283 Å². The average Bonchev–Trinajstić information content (AvgIpc) is 3.74. The van der Waals surface area contributed by atoms with Gasteiger partial charge in [-0.1, -0.05) is 37.3 Å². The first-order chi connectivity index (χ1) is 28.3. The minimum absolute atomic E-state index is 0. The second-order valence-corrected chi connectivity index (χ2v) is 12.0. The maximum absolute atomic E-state index is 12.4. The number of phenols is 2. The van der Waals surface area contributed by atoms with Crippen LogP contribution in [0.5, 0.6) is 29.0 Å². The number of hydrogen-bond donors (Lipinski definition) is 5. The van der Waals surface area contributed by atoms with Crippen LogP contribution in [0.15, 0.2) is 94.9 Å². The van der Waals surface area contributed by atoms with Gasteiger partial charge in [0.1, 0.15) is 34.3 Å². The van der Waals surface area contributed by atoms with Crippen LogP contribution in [-0.2, 0) is 35.1 Å². The number of aromatic hydroxyl groups is 4. The van der Waals surface area contributed by atoms with E-state index in [-0.39, 0.29) is 76.2 Å². The van der Waals surface area contributed by atoms with Crippen LogP contribution in [0.25, 0.3) is 11.4 Å². The number of non-ortho nitro benzene ring substituents is 2. The molecule has 5 N–H and O–H groups in total. The third-order valence-electron chi connectivity index (χ3n) is 8.38. The number of phenolic OH excluding ortho intramolecular Hbond substituents is 2. The number of aliphatic imine (C=N–C) groups is 2. The normalized spacial score (nSPS) is 10.9. The number of aromatic nitrogens is 4. The van der Waals surface area contributed by atoms with Crippen LogP contribution < -0.4 is 4.74 Å². The van der Waals surface area contributed by atoms with Crippen molar-refractivity contribution in [1.82, 2.24) is 19.6 Å². The van der Waals surface area contributed by atoms with Gasteiger partial charge in [-0.05, 0) is 43.7 Å². The monoisotopic (exact) mass is 860 g/mol. The molecule has 6 rings (SSSR count). The number of ether oxygens (including phenoxy) is 2. The number of nitrogens with zero attached hydrogens (tertiary/aromatic N) is 8. The maximum atomic E-state index is 12.4. The number of aliphatic hydroxyl groups is 1. The molecule has 0 amide bonds. The van der Waals surface area contributed by atoms with Crippen LogP contribution in [0.4, 0.5) is 22.7 Å². The van der Waals surface area contributed by atoms with Crippen molar-refractivity contribution >= 4 is 41.1 Å². The molecule has 6 aromatic rings. The molecule has 310 valence electrons. The summed E-state index contributed by atoms with van der Waals surface area (Å²) in [6, 6.07) is 20.6. The summed E-state index contributed by atoms with van der Waals surface area (Å²) in [6.45, 7) is 3.36. The molecule has 0 atom stereocenters. The van der Waals surface area contributed by atoms with Gasteiger partial charge in [0.25, 0.3) is 11.4 Å². The predicted octanol–water partition coefficient (Wildman–Crippen LogP) is 6.12. The summed E-state index contributed by atoms with van der Waals surface area (Å²) < 4.78 is 12.7. The Morgan fingerprint density at radius 1 is 0.767 bits per heavy atom. The Labute approximate surface area is 351 Å². The first-order valence-electron chi connectivity index (χ1n) is 17.5. The molecular weight excluding hydrogens is 824 g/mol. The van der Waals surface area contributed by atoms with E-state index in [1.165, 1.54) is 36.2 Å². The first-order valence-corrected chi connectivity index (χ1v) is 17.5. The van der Waals surface area contributed by atoms with E-state index in [0.717, 1.165) is 29.1 Å². The van der Waals surface area contributed by atoms with E-state index in [1.807, 2.05) is 6.92 Å². The minimum atomic E-state index is -0.791. The standard InChI is InChI=1S/C20H18N4O7.C19H18N4O5.Cr/c1-3-31-20(27)18-13(11-21-14-9-8-12(24(28)29)10-16(14)25)19(26)23(22-18)15-6-4-5-7-17(15)30-2;1-2-15-14(10-20-16-8-7-13(23(27)28)9-18(16)25)19(26)22(21-15)17-6-4-3-5-12(17)11-24;/h4-11,25-26H,3H2,1-2H3;3-10,24-26H,2,11H2,1H3;. The zero-order valence-corrected chi connectivity index (χ0v) is 33.2. The Morgan fingerprint density at radius 3 is 1.80 bits per heavy atom. The zero-order chi connectivity index (χ0) is 42.8. The van der Waals surface area contributed by atoms with E-state index in [0.29, 0.717) is 40.4 Å². The van der Waals surface area contributed by atoms with Crippen LogP contribution in [-0.4, -0.2) is 87.1 Å². The molecule has 0 bridgehead atoms. The summed E-state index contributed by atoms with van der Waals surface area (Å²) in [6.07, 6.45) is 2.97. The molecule has 0 saturated carbocycles. The molecule has 21 heteroatoms. The van der Waals surface area contributed by atoms with Gasteiger partial charge in [0.05, 0.1) is 64.8 Å². The summed E-state index contributed by atoms with van der Waals surface area (Å²) in [5, 5.41) is 81.0. The zero-order valence-electron chi connectivity index (χ0n) is 31.9. The van der Waals surface area contributed by atoms with E-state index in [9.17, 15) is 50.6 Å². The van der Waals surface area contributed by atoms with Crippen molar-refractivity contribution in [2.45, 2.75) is 26.9 Å². The number of benzene rings is 4. The fourth-order valence-corrected chi connectivity index (χ4v) is 5.48. The Morgan fingerprint density at radius 2 is 1.28 bits per heavy atom. The van der Waals surface area contributed by atoms with Gasteiger partial charge in [0, 0.05) is 47.5 Å². The van der Waals surface area contributed by atoms with Crippen LogP contribution in [0.2, 0.25) is 0 Å². The van der Waals surface area contributed by atoms with Crippen molar-refractivity contribution < 1.29 is 67.0 Å². The third-order valence-corrected chi connectivity index (χ3v) is 8.38. The Bertz CT molecular complexity index is 2590. The molecule has 2 heterocycles. The second kappa shape index (κ2) is 20.2. The molecule has 60 heavy (non-hydrogen) atoms. The molecule has 0 aliphatic carbocycles. The van der Waals surface area contributed by atoms with Gasteiger partial charge >= 0.3 is 5.97 Å². The molecule has 0 spiro atoms. The SMILES string of the molecule is CCOC(=O)c1nn(-c2ccccc2OC)c(O)c1C=Nc1ccc([N+](=O)[O-])cc1O.CCc1nn(-c2ccccc2CO)c(O)c1C=Nc1ccc([N+](=O)[O-])cc1O.[Cr]. The number of carbonyl (C=O) groups excluding carboxylic acids is 1. The van der Waals surface area contributed by atoms with Crippen LogP contribution in [0, 0.1) is 20.2 Å². The van der Waals surface area contributed by atoms with E-state index in [4.69, 9.17) is 9.47 Å². The van der Waals surface area contributed by atoms with Crippen molar-refractivity contribution in [3.8, 4) is 40.4 Å². The fourth-order valence-electron chi connectivity index (χ4n) is 5.48. The van der Waals surface area contributed by atoms with Gasteiger partial charge in [-0.25, -0.2) is 4.79 Å². The van der Waals surface area contributed by atoms with Crippen molar-refractivity contribution in [3.63, 3.8) is 0 Å². The number of para-hydroxylation sites is 3. The van der Waals surface area contributed by atoms with Crippen molar-refractivity contribution in [2.24, 2.45) is 9.98 Å². The molecule has 0 aliphatic rings. The molecule has 0 fully saturated rings. The van der Waals surface area contributed by atoms with Gasteiger partial charge in [-0.15, -0.1) is 0 Å². The number of aryl methyl sites for hydroxylation is 1. The molecule has 0 saturated heterocycles. The number of methoxy groups -OCH3 is 1. The van der Waals surface area contributed by atoms with Crippen LogP contribution in [0.3, 0.4) is 0 Å². The number of rotatable bonds is 13. The number of carbonyl (C=O) groups is 1. The van der Waals surface area contributed by atoms with Gasteiger partial charge in [-0.2, -0.15) is 19.6 Å². The van der Waals surface area contributed by atoms with Crippen LogP contribution in [0.1, 0.15) is 46.7 Å². The number of aliphatic hydroxyl groups excluding tert-OH is 1. The Kier molecular flexibility index (Phi) is 15.2. The molecule has 0 aliphatic heterocycles. The van der Waals surface area contributed by atoms with Gasteiger partial charge < -0.3 is 35.0 Å². The van der Waals surface area contributed by atoms with Gasteiger partial charge in [0.2, 0.25) is 11.8 Å². The van der Waals surface area contributed by atoms with Crippen molar-refractivity contribution in [1.29, 1.82) is 0 Å². The third kappa shape index (κ3) is 9.91. The average molecular weight is 861 g/mol. The van der Waals surface area contributed by atoms with E-state index < -0.39 is 27.4 Å². The van der Waals surface area contributed by atoms with Crippen LogP contribution >= 0.6 is 0 Å². The Hall–Kier alpha value is -7.60. The maximum Gasteiger partial charge on any atom is 0.359 e. The summed E-state index contributed by atoms with van der Waals surface area (Å²) in [5.74, 6) is -1.77. The first kappa shape index (κ1) is 45.1. The van der Waals surface area contributed by atoms with E-state index >= 15 is 0 Å². The molecule has 2 aromatic heterocycles. The van der Waals surface area contributed by atoms with Gasteiger partial charge in [0.15, 0.2) is 5.69 Å². The van der Waals surface area contributed by atoms with Crippen molar-refractivity contribution in [3.05, 3.63) is 133 Å². The summed E-state index contributed by atoms with van der Waals surface area (Å²) >= 11 is 0. The summed E-state index contributed by atoms with van der Waals surface area (Å²) in [5.41, 5.74) is 1.69. The molecular formula is C39H36CrN8O12. The second-order valence-electron chi connectivity index (χ2n) is 12.0. The number of esters is 1. The molecule has 20 nitrogen and oxygen atoms in total.